The third-order valence-electron chi connectivity index (χ3n) is 1.19. The normalized spacial score (nSPS) is 11.0. The van der Waals surface area contributed by atoms with Crippen molar-refractivity contribution in [1.82, 2.24) is 0 Å². The van der Waals surface area contributed by atoms with E-state index in [9.17, 15) is 0 Å². The smallest absolute Gasteiger partial charge is 0.759 e. The Labute approximate surface area is 182 Å². The molecule has 0 aromatic carbocycles. The van der Waals surface area contributed by atoms with Gasteiger partial charge in [-0.05, 0) is 0 Å². The van der Waals surface area contributed by atoms with Gasteiger partial charge >= 0.3 is 158 Å². The maximum Gasteiger partial charge on any atom is 2.00 e. The van der Waals surface area contributed by atoms with Crippen LogP contribution in [-0.2, 0) is 55.3 Å². The summed E-state index contributed by atoms with van der Waals surface area (Å²) < 4.78 is 34.1. The number of hydrogen-bond donors (Lipinski definition) is 0. The standard InChI is InChI=1S/6CN.2Cu.Fe.K.H2O4S/c6*1-2;;;;;1-5(2,3)4/h;;;;;;;;;;(H2,1,2,3,4)/q;;;;;;2*+2;-3;+1;/p-2. The first-order chi connectivity index (χ1) is 7.97. The molecule has 15 heteroatoms. The molecule has 10 nitrogen and oxygen atoms in total. The van der Waals surface area contributed by atoms with Crippen molar-refractivity contribution in [2.45, 2.75) is 0 Å². The average Bonchev–Trinajstić information content (AvgIpc) is 2.34. The third kappa shape index (κ3) is 7.20. The fourth-order valence-electron chi connectivity index (χ4n) is 0.265. The van der Waals surface area contributed by atoms with E-state index in [1.807, 2.05) is 0 Å². The zero-order chi connectivity index (χ0) is 15.2. The van der Waals surface area contributed by atoms with Crippen molar-refractivity contribution in [3.63, 3.8) is 0 Å². The quantitative estimate of drug-likeness (QED) is 0.187. The van der Waals surface area contributed by atoms with E-state index in [1.165, 1.54) is 0 Å². The molecule has 0 unspecified atom stereocenters. The van der Waals surface area contributed by atoms with Gasteiger partial charge in [-0.1, -0.05) is 0 Å². The van der Waals surface area contributed by atoms with Crippen molar-refractivity contribution in [1.29, 1.82) is 31.6 Å². The third-order valence-corrected chi connectivity index (χ3v) is 4.89. The first-order valence-corrected chi connectivity index (χ1v) is 7.71. The summed E-state index contributed by atoms with van der Waals surface area (Å²) in [5.41, 5.74) is 0. The summed E-state index contributed by atoms with van der Waals surface area (Å²) >= 11 is 0. The van der Waals surface area contributed by atoms with E-state index in [-0.39, 0.29) is 85.5 Å². The van der Waals surface area contributed by atoms with Crippen molar-refractivity contribution >= 4 is 10.4 Å². The van der Waals surface area contributed by atoms with Gasteiger partial charge in [-0.15, -0.1) is 0 Å². The summed E-state index contributed by atoms with van der Waals surface area (Å²) in [6.07, 6.45) is 0. The average molecular weight is 474 g/mol. The maximum atomic E-state index is 8.58. The molecule has 0 N–H and O–H groups in total. The van der Waals surface area contributed by atoms with E-state index in [2.05, 4.69) is 0 Å². The Bertz CT molecular complexity index is 606. The molecule has 21 heavy (non-hydrogen) atoms. The summed E-state index contributed by atoms with van der Waals surface area (Å²) in [6, 6.07) is 0. The van der Waals surface area contributed by atoms with Crippen molar-refractivity contribution in [2.24, 2.45) is 0 Å². The first-order valence-electron chi connectivity index (χ1n) is 3.07. The summed E-state index contributed by atoms with van der Waals surface area (Å²) in [7, 11) is -11.3. The minimum atomic E-state index is -6.17. The molecular weight excluding hydrogens is 474 g/mol. The molecule has 0 aliphatic heterocycles. The van der Waals surface area contributed by atoms with Gasteiger partial charge in [-0.2, -0.15) is 0 Å². The van der Waals surface area contributed by atoms with Gasteiger partial charge in [0.1, 0.15) is 0 Å². The molecule has 0 saturated carbocycles. The Morgan fingerprint density at radius 3 is 0.762 bits per heavy atom. The fraction of sp³-hybridized carbons (Fsp3) is 0. The van der Waals surface area contributed by atoms with Crippen LogP contribution in [0.4, 0.5) is 0 Å². The predicted octanol–water partition coefficient (Wildman–Crippen LogP) is -4.24. The molecule has 0 amide bonds. The Hall–Kier alpha value is 0.00481. The second-order valence-corrected chi connectivity index (χ2v) is 8.65. The molecule has 0 heterocycles. The van der Waals surface area contributed by atoms with Gasteiger partial charge in [0, 0.05) is 10.4 Å². The molecule has 0 aliphatic carbocycles. The van der Waals surface area contributed by atoms with Crippen LogP contribution in [0.5, 0.6) is 0 Å². The molecule has 0 spiro atoms. The molecule has 0 atom stereocenters. The van der Waals surface area contributed by atoms with Crippen LogP contribution < -0.4 is 51.4 Å². The van der Waals surface area contributed by atoms with Crippen molar-refractivity contribution in [3.05, 3.63) is 0 Å². The monoisotopic (exact) mass is 473 g/mol. The molecule has 115 valence electrons. The predicted molar refractivity (Wildman–Crippen MR) is 44.2 cm³/mol. The van der Waals surface area contributed by atoms with Crippen molar-refractivity contribution < 1.29 is 114 Å². The first kappa shape index (κ1) is 32.8. The summed E-state index contributed by atoms with van der Waals surface area (Å²) in [5.74, 6) is 0. The Balaban J connectivity index is -0.0000000933. The van der Waals surface area contributed by atoms with Crippen LogP contribution in [0.15, 0.2) is 0 Å². The van der Waals surface area contributed by atoms with E-state index in [1.54, 1.807) is 0 Å². The van der Waals surface area contributed by atoms with Crippen LogP contribution >= 0.6 is 0 Å². The van der Waals surface area contributed by atoms with E-state index < -0.39 is 21.1 Å². The fourth-order valence-corrected chi connectivity index (χ4v) is 1.09. The maximum absolute atomic E-state index is 8.58. The number of rotatable bonds is 0. The van der Waals surface area contributed by atoms with Gasteiger partial charge < -0.3 is 9.11 Å². The van der Waals surface area contributed by atoms with Crippen LogP contribution in [0.1, 0.15) is 0 Å². The topological polar surface area (TPSA) is 223 Å². The largest absolute Gasteiger partial charge is 2.00 e. The SMILES string of the molecule is N#[C][Fe-3]([C]#N)([C]#N)([C]#N)([C]#N)[C]#N.O=S(=O)([O-])[O-].[Cu+2].[Cu+2].[K+]. The zero-order valence-corrected chi connectivity index (χ0v) is 16.6. The second kappa shape index (κ2) is 9.91. The van der Waals surface area contributed by atoms with Crippen LogP contribution in [-0.4, -0.2) is 17.5 Å². The van der Waals surface area contributed by atoms with Crippen LogP contribution in [0, 0.1) is 61.4 Å². The van der Waals surface area contributed by atoms with Crippen LogP contribution in [0.2, 0.25) is 0 Å². The molecule has 0 aromatic rings. The second-order valence-electron chi connectivity index (χ2n) is 2.21. The van der Waals surface area contributed by atoms with Gasteiger partial charge in [0.05, 0.1) is 0 Å². The van der Waals surface area contributed by atoms with E-state index in [0.29, 0.717) is 0 Å². The number of nitriles is 6. The van der Waals surface area contributed by atoms with Gasteiger partial charge in [0.15, 0.2) is 0 Å². The minimum absolute atomic E-state index is 0. The Kier molecular flexibility index (Phi) is 15.5. The Morgan fingerprint density at radius 1 is 0.667 bits per heavy atom. The number of hydrogen-bond acceptors (Lipinski definition) is 10. The van der Waals surface area contributed by atoms with Gasteiger partial charge in [0.25, 0.3) is 0 Å². The van der Waals surface area contributed by atoms with Crippen LogP contribution in [0.3, 0.4) is 0 Å². The minimum Gasteiger partial charge on any atom is -0.759 e. The van der Waals surface area contributed by atoms with Crippen molar-refractivity contribution in [3.8, 4) is 29.8 Å². The van der Waals surface area contributed by atoms with E-state index in [4.69, 9.17) is 49.1 Å². The molecular formula is C6Cu2FeKN6O4S. The number of nitrogens with zero attached hydrogens (tertiary/aromatic N) is 6. The van der Waals surface area contributed by atoms with Gasteiger partial charge in [0.2, 0.25) is 0 Å². The van der Waals surface area contributed by atoms with E-state index in [0.717, 1.165) is 29.8 Å². The molecule has 2 radical (unpaired) electrons. The Morgan fingerprint density at radius 2 is 0.762 bits per heavy atom. The summed E-state index contributed by atoms with van der Waals surface area (Å²) in [5, 5.41) is 51.5. The van der Waals surface area contributed by atoms with Crippen LogP contribution in [0.25, 0.3) is 0 Å². The zero-order valence-electron chi connectivity index (χ0n) is 9.68. The molecule has 0 saturated heterocycles. The molecule has 0 aliphatic rings. The summed E-state index contributed by atoms with van der Waals surface area (Å²) in [6.45, 7) is 0. The van der Waals surface area contributed by atoms with Crippen molar-refractivity contribution in [2.75, 3.05) is 0 Å². The summed E-state index contributed by atoms with van der Waals surface area (Å²) in [4.78, 5) is 6.19. The molecule has 0 bridgehead atoms. The van der Waals surface area contributed by atoms with Gasteiger partial charge in [-0.25, -0.2) is 0 Å². The molecule has 0 fully saturated rings. The molecule has 0 rings (SSSR count). The van der Waals surface area contributed by atoms with E-state index >= 15 is 0 Å². The molecule has 0 aromatic heterocycles. The van der Waals surface area contributed by atoms with Gasteiger partial charge in [-0.3, -0.25) is 8.42 Å².